The van der Waals surface area contributed by atoms with Crippen LogP contribution >= 0.6 is 0 Å². The molecular weight excluding hydrogens is 234 g/mol. The van der Waals surface area contributed by atoms with Gasteiger partial charge < -0.3 is 0 Å². The van der Waals surface area contributed by atoms with Gasteiger partial charge in [0.25, 0.3) is 0 Å². The minimum absolute atomic E-state index is 0.548. The first-order chi connectivity index (χ1) is 9.16. The molecule has 0 spiro atoms. The maximum Gasteiger partial charge on any atom is 0.168 e. The van der Waals surface area contributed by atoms with E-state index in [4.69, 9.17) is 0 Å². The lowest BCUT2D eigenvalue weighted by molar-refractivity contribution is 0.867. The lowest BCUT2D eigenvalue weighted by Crippen LogP contribution is -1.91. The Hall–Kier alpha value is -2.16. The summed E-state index contributed by atoms with van der Waals surface area (Å²) in [5.74, 6) is 1.44. The summed E-state index contributed by atoms with van der Waals surface area (Å²) in [5.41, 5.74) is 4.50. The third kappa shape index (κ3) is 2.01. The van der Waals surface area contributed by atoms with Gasteiger partial charge >= 0.3 is 0 Å². The monoisotopic (exact) mass is 251 g/mol. The van der Waals surface area contributed by atoms with E-state index in [0.29, 0.717) is 5.92 Å². The highest BCUT2D eigenvalue weighted by molar-refractivity contribution is 5.61. The first kappa shape index (κ1) is 11.9. The zero-order valence-electron chi connectivity index (χ0n) is 11.5. The predicted molar refractivity (Wildman–Crippen MR) is 77.2 cm³/mol. The molecule has 3 heteroatoms. The van der Waals surface area contributed by atoms with Crippen LogP contribution in [0.15, 0.2) is 42.6 Å². The van der Waals surface area contributed by atoms with E-state index in [2.05, 4.69) is 61.3 Å². The largest absolute Gasteiger partial charge is 0.282 e. The van der Waals surface area contributed by atoms with E-state index in [1.54, 1.807) is 0 Å². The third-order valence-corrected chi connectivity index (χ3v) is 3.47. The maximum absolute atomic E-state index is 4.31. The number of hydrogen-bond donors (Lipinski definition) is 0. The van der Waals surface area contributed by atoms with Crippen molar-refractivity contribution in [2.45, 2.75) is 26.7 Å². The van der Waals surface area contributed by atoms with Crippen LogP contribution in [-0.2, 0) is 0 Å². The average Bonchev–Trinajstić information content (AvgIpc) is 2.84. The summed E-state index contributed by atoms with van der Waals surface area (Å²) in [6.45, 7) is 6.45. The van der Waals surface area contributed by atoms with Crippen molar-refractivity contribution in [2.75, 3.05) is 0 Å². The van der Waals surface area contributed by atoms with Crippen molar-refractivity contribution < 1.29 is 0 Å². The molecule has 0 N–H and O–H groups in total. The molecule has 0 saturated heterocycles. The van der Waals surface area contributed by atoms with Crippen LogP contribution in [0.2, 0.25) is 0 Å². The van der Waals surface area contributed by atoms with Crippen LogP contribution in [0.1, 0.15) is 30.9 Å². The number of pyridine rings is 1. The van der Waals surface area contributed by atoms with Crippen molar-refractivity contribution >= 4 is 5.65 Å². The second-order valence-corrected chi connectivity index (χ2v) is 5.19. The topological polar surface area (TPSA) is 30.2 Å². The van der Waals surface area contributed by atoms with Gasteiger partial charge in [-0.1, -0.05) is 44.2 Å². The van der Waals surface area contributed by atoms with Gasteiger partial charge in [-0.25, -0.2) is 0 Å². The smallest absolute Gasteiger partial charge is 0.168 e. The highest BCUT2D eigenvalue weighted by atomic mass is 15.2. The summed E-state index contributed by atoms with van der Waals surface area (Å²) in [4.78, 5) is 0. The fourth-order valence-corrected chi connectivity index (χ4v) is 2.26. The fraction of sp³-hybridized carbons (Fsp3) is 0.250. The molecule has 0 aliphatic carbocycles. The van der Waals surface area contributed by atoms with Crippen molar-refractivity contribution in [1.29, 1.82) is 0 Å². The molecule has 3 nitrogen and oxygen atoms in total. The molecule has 0 aliphatic rings. The molecule has 3 aromatic rings. The van der Waals surface area contributed by atoms with Crippen LogP contribution in [0.3, 0.4) is 0 Å². The quantitative estimate of drug-likeness (QED) is 0.693. The first-order valence-corrected chi connectivity index (χ1v) is 6.57. The summed E-state index contributed by atoms with van der Waals surface area (Å²) in [7, 11) is 0. The zero-order valence-corrected chi connectivity index (χ0v) is 11.5. The Balaban J connectivity index is 2.11. The molecule has 0 amide bonds. The Morgan fingerprint density at radius 3 is 2.42 bits per heavy atom. The van der Waals surface area contributed by atoms with Crippen molar-refractivity contribution in [3.8, 4) is 11.4 Å². The number of fused-ring (bicyclic) bond motifs is 1. The van der Waals surface area contributed by atoms with Crippen molar-refractivity contribution in [1.82, 2.24) is 14.6 Å². The molecule has 0 bridgehead atoms. The molecular formula is C16H17N3. The van der Waals surface area contributed by atoms with Gasteiger partial charge in [0.15, 0.2) is 11.5 Å². The van der Waals surface area contributed by atoms with E-state index < -0.39 is 0 Å². The van der Waals surface area contributed by atoms with Crippen LogP contribution in [0.25, 0.3) is 17.0 Å². The van der Waals surface area contributed by atoms with Crippen LogP contribution < -0.4 is 0 Å². The molecule has 0 atom stereocenters. The van der Waals surface area contributed by atoms with Crippen LogP contribution in [0.5, 0.6) is 0 Å². The Bertz CT molecular complexity index is 708. The molecule has 0 aliphatic heterocycles. The van der Waals surface area contributed by atoms with E-state index in [0.717, 1.165) is 22.6 Å². The number of aryl methyl sites for hydroxylation is 1. The van der Waals surface area contributed by atoms with Gasteiger partial charge in [0.1, 0.15) is 0 Å². The Labute approximate surface area is 112 Å². The van der Waals surface area contributed by atoms with Gasteiger partial charge in [-0.05, 0) is 30.0 Å². The van der Waals surface area contributed by atoms with E-state index in [1.165, 1.54) is 5.56 Å². The average molecular weight is 251 g/mol. The van der Waals surface area contributed by atoms with Gasteiger partial charge in [0.05, 0.1) is 0 Å². The second-order valence-electron chi connectivity index (χ2n) is 5.19. The lowest BCUT2D eigenvalue weighted by Gasteiger charge is -2.06. The predicted octanol–water partition coefficient (Wildman–Crippen LogP) is 3.83. The zero-order chi connectivity index (χ0) is 13.4. The number of nitrogens with zero attached hydrogens (tertiary/aromatic N) is 3. The number of benzene rings is 1. The molecule has 0 radical (unpaired) electrons. The number of hydrogen-bond acceptors (Lipinski definition) is 2. The fourth-order valence-electron chi connectivity index (χ4n) is 2.26. The lowest BCUT2D eigenvalue weighted by atomic mass is 10.0. The molecule has 2 aromatic heterocycles. The SMILES string of the molecule is Cc1cccn2c(-c3ccc(C(C)C)cc3)nnc12. The van der Waals surface area contributed by atoms with Crippen LogP contribution in [0.4, 0.5) is 0 Å². The Kier molecular flexibility index (Phi) is 2.82. The minimum Gasteiger partial charge on any atom is -0.282 e. The molecule has 1 aromatic carbocycles. The van der Waals surface area contributed by atoms with Gasteiger partial charge in [0, 0.05) is 11.8 Å². The van der Waals surface area contributed by atoms with E-state index in [9.17, 15) is 0 Å². The summed E-state index contributed by atoms with van der Waals surface area (Å²) < 4.78 is 2.04. The Morgan fingerprint density at radius 2 is 1.74 bits per heavy atom. The van der Waals surface area contributed by atoms with E-state index in [-0.39, 0.29) is 0 Å². The van der Waals surface area contributed by atoms with E-state index in [1.807, 2.05) is 16.7 Å². The second kappa shape index (κ2) is 4.50. The van der Waals surface area contributed by atoms with E-state index >= 15 is 0 Å². The van der Waals surface area contributed by atoms with Crippen molar-refractivity contribution in [3.05, 3.63) is 53.7 Å². The molecule has 19 heavy (non-hydrogen) atoms. The summed E-state index contributed by atoms with van der Waals surface area (Å²) >= 11 is 0. The van der Waals surface area contributed by atoms with Crippen molar-refractivity contribution in [2.24, 2.45) is 0 Å². The number of aromatic nitrogens is 3. The standard InChI is InChI=1S/C16H17N3/c1-11(2)13-6-8-14(9-7-13)16-18-17-15-12(3)5-4-10-19(15)16/h4-11H,1-3H3. The Morgan fingerprint density at radius 1 is 1.00 bits per heavy atom. The summed E-state index contributed by atoms with van der Waals surface area (Å²) in [5, 5.41) is 8.58. The normalized spacial score (nSPS) is 11.4. The summed E-state index contributed by atoms with van der Waals surface area (Å²) in [6.07, 6.45) is 2.01. The molecule has 96 valence electrons. The van der Waals surface area contributed by atoms with Crippen LogP contribution in [0, 0.1) is 6.92 Å². The maximum atomic E-state index is 4.31. The first-order valence-electron chi connectivity index (χ1n) is 6.57. The highest BCUT2D eigenvalue weighted by Gasteiger charge is 2.09. The van der Waals surface area contributed by atoms with Gasteiger partial charge in [0.2, 0.25) is 0 Å². The third-order valence-electron chi connectivity index (χ3n) is 3.47. The molecule has 0 fully saturated rings. The molecule has 3 rings (SSSR count). The molecule has 0 saturated carbocycles. The number of rotatable bonds is 2. The molecule has 0 unspecified atom stereocenters. The minimum atomic E-state index is 0.548. The van der Waals surface area contributed by atoms with Gasteiger partial charge in [-0.3, -0.25) is 4.40 Å². The summed E-state index contributed by atoms with van der Waals surface area (Å²) in [6, 6.07) is 12.6. The van der Waals surface area contributed by atoms with Gasteiger partial charge in [-0.2, -0.15) is 0 Å². The molecule has 2 heterocycles. The van der Waals surface area contributed by atoms with Gasteiger partial charge in [-0.15, -0.1) is 10.2 Å². The van der Waals surface area contributed by atoms with Crippen molar-refractivity contribution in [3.63, 3.8) is 0 Å². The van der Waals surface area contributed by atoms with Crippen LogP contribution in [-0.4, -0.2) is 14.6 Å². The highest BCUT2D eigenvalue weighted by Crippen LogP contribution is 2.22.